The molecule has 0 radical (unpaired) electrons. The number of hydrogen-bond donors (Lipinski definition) is 5. The number of aliphatic hydroxyl groups excluding tert-OH is 5. The lowest BCUT2D eigenvalue weighted by Crippen LogP contribution is -2.32. The molecule has 0 aromatic carbocycles. The van der Waals surface area contributed by atoms with Crippen molar-refractivity contribution >= 4 is 5.97 Å². The third kappa shape index (κ3) is 2.87. The van der Waals surface area contributed by atoms with E-state index in [4.69, 9.17) is 25.5 Å². The van der Waals surface area contributed by atoms with Crippen LogP contribution in [-0.2, 0) is 9.53 Å². The summed E-state index contributed by atoms with van der Waals surface area (Å²) < 4.78 is 4.03. The van der Waals surface area contributed by atoms with Gasteiger partial charge < -0.3 is 30.3 Å². The molecule has 0 aliphatic heterocycles. The number of carbonyl (C=O) groups excluding carboxylic acids is 1. The van der Waals surface area contributed by atoms with Gasteiger partial charge in [0.25, 0.3) is 0 Å². The highest BCUT2D eigenvalue weighted by molar-refractivity contribution is 5.86. The van der Waals surface area contributed by atoms with Gasteiger partial charge in [0.2, 0.25) is 5.76 Å². The number of rotatable bonds is 4. The summed E-state index contributed by atoms with van der Waals surface area (Å²) in [5.41, 5.74) is 0. The van der Waals surface area contributed by atoms with Crippen molar-refractivity contribution in [1.29, 1.82) is 0 Å². The van der Waals surface area contributed by atoms with Crippen molar-refractivity contribution in [2.75, 3.05) is 13.7 Å². The van der Waals surface area contributed by atoms with Crippen LogP contribution in [0.3, 0.4) is 0 Å². The van der Waals surface area contributed by atoms with Crippen LogP contribution in [0, 0.1) is 0 Å². The molecule has 0 aliphatic rings. The molecule has 14 heavy (non-hydrogen) atoms. The SMILES string of the molecule is COC(=O)/C(O)=C(/O)C(O)C(O)CO. The van der Waals surface area contributed by atoms with E-state index >= 15 is 0 Å². The van der Waals surface area contributed by atoms with Gasteiger partial charge in [0, 0.05) is 0 Å². The smallest absolute Gasteiger partial charge is 0.376 e. The van der Waals surface area contributed by atoms with Crippen molar-refractivity contribution in [2.45, 2.75) is 12.2 Å². The lowest BCUT2D eigenvalue weighted by Gasteiger charge is -2.15. The molecule has 0 aromatic rings. The maximum absolute atomic E-state index is 10.6. The second kappa shape index (κ2) is 5.43. The minimum Gasteiger partial charge on any atom is -0.506 e. The molecule has 0 heterocycles. The molecule has 7 heteroatoms. The van der Waals surface area contributed by atoms with Crippen LogP contribution in [0.25, 0.3) is 0 Å². The van der Waals surface area contributed by atoms with Gasteiger partial charge in [-0.1, -0.05) is 0 Å². The molecule has 0 aromatic heterocycles. The van der Waals surface area contributed by atoms with Crippen molar-refractivity contribution in [3.05, 3.63) is 11.5 Å². The molecule has 2 unspecified atom stereocenters. The molecule has 5 N–H and O–H groups in total. The number of methoxy groups -OCH3 is 1. The fourth-order valence-corrected chi connectivity index (χ4v) is 0.623. The first kappa shape index (κ1) is 12.7. The maximum Gasteiger partial charge on any atom is 0.376 e. The lowest BCUT2D eigenvalue weighted by atomic mass is 10.1. The molecule has 0 aliphatic carbocycles. The molecular weight excluding hydrogens is 196 g/mol. The second-order valence-electron chi connectivity index (χ2n) is 2.42. The molecule has 0 rings (SSSR count). The first-order chi connectivity index (χ1) is 6.45. The fourth-order valence-electron chi connectivity index (χ4n) is 0.623. The van der Waals surface area contributed by atoms with Crippen LogP contribution in [0.5, 0.6) is 0 Å². The average molecular weight is 208 g/mol. The molecule has 7 nitrogen and oxygen atoms in total. The Kier molecular flexibility index (Phi) is 4.92. The van der Waals surface area contributed by atoms with Crippen LogP contribution in [0.2, 0.25) is 0 Å². The predicted octanol–water partition coefficient (Wildman–Crippen LogP) is -1.80. The zero-order chi connectivity index (χ0) is 11.3. The second-order valence-corrected chi connectivity index (χ2v) is 2.42. The predicted molar refractivity (Wildman–Crippen MR) is 43.4 cm³/mol. The summed E-state index contributed by atoms with van der Waals surface area (Å²) in [5, 5.41) is 44.1. The number of ether oxygens (including phenoxy) is 1. The summed E-state index contributed by atoms with van der Waals surface area (Å²) in [6.45, 7) is -0.834. The minimum atomic E-state index is -1.95. The van der Waals surface area contributed by atoms with Crippen LogP contribution in [-0.4, -0.2) is 57.4 Å². The van der Waals surface area contributed by atoms with Crippen molar-refractivity contribution < 1.29 is 35.1 Å². The monoisotopic (exact) mass is 208 g/mol. The van der Waals surface area contributed by atoms with E-state index in [2.05, 4.69) is 4.74 Å². The molecule has 82 valence electrons. The number of carbonyl (C=O) groups is 1. The lowest BCUT2D eigenvalue weighted by molar-refractivity contribution is -0.139. The Hall–Kier alpha value is -1.31. The molecule has 2 atom stereocenters. The molecule has 0 saturated heterocycles. The largest absolute Gasteiger partial charge is 0.506 e. The third-order valence-corrected chi connectivity index (χ3v) is 1.45. The minimum absolute atomic E-state index is 0.834. The fraction of sp³-hybridized carbons (Fsp3) is 0.571. The van der Waals surface area contributed by atoms with Crippen molar-refractivity contribution in [2.24, 2.45) is 0 Å². The van der Waals surface area contributed by atoms with Gasteiger partial charge in [0.05, 0.1) is 13.7 Å². The van der Waals surface area contributed by atoms with Crippen molar-refractivity contribution in [3.63, 3.8) is 0 Å². The van der Waals surface area contributed by atoms with Crippen molar-refractivity contribution in [1.82, 2.24) is 0 Å². The van der Waals surface area contributed by atoms with E-state index < -0.39 is 36.3 Å². The molecule has 0 spiro atoms. The first-order valence-electron chi connectivity index (χ1n) is 3.63. The van der Waals surface area contributed by atoms with Gasteiger partial charge >= 0.3 is 5.97 Å². The van der Waals surface area contributed by atoms with Crippen LogP contribution < -0.4 is 0 Å². The van der Waals surface area contributed by atoms with E-state index in [-0.39, 0.29) is 0 Å². The van der Waals surface area contributed by atoms with E-state index in [1.54, 1.807) is 0 Å². The maximum atomic E-state index is 10.6. The van der Waals surface area contributed by atoms with E-state index in [1.807, 2.05) is 0 Å². The van der Waals surface area contributed by atoms with E-state index in [0.717, 1.165) is 7.11 Å². The molecular formula is C7H12O7. The Balaban J connectivity index is 4.72. The summed E-state index contributed by atoms with van der Waals surface area (Å²) in [6.07, 6.45) is -3.64. The highest BCUT2D eigenvalue weighted by Gasteiger charge is 2.26. The Morgan fingerprint density at radius 3 is 2.21 bits per heavy atom. The zero-order valence-corrected chi connectivity index (χ0v) is 7.41. The van der Waals surface area contributed by atoms with Crippen LogP contribution >= 0.6 is 0 Å². The number of hydrogen-bond acceptors (Lipinski definition) is 7. The van der Waals surface area contributed by atoms with Gasteiger partial charge in [0.15, 0.2) is 5.76 Å². The van der Waals surface area contributed by atoms with Gasteiger partial charge in [-0.2, -0.15) is 0 Å². The Bertz CT molecular complexity index is 234. The molecule has 0 fully saturated rings. The summed E-state index contributed by atoms with van der Waals surface area (Å²) in [6, 6.07) is 0. The topological polar surface area (TPSA) is 127 Å². The van der Waals surface area contributed by atoms with Gasteiger partial charge in [-0.25, -0.2) is 4.79 Å². The Labute approximate surface area is 79.5 Å². The highest BCUT2D eigenvalue weighted by Crippen LogP contribution is 2.08. The standard InChI is InChI=1S/C7H12O7/c1-14-7(13)6(12)5(11)4(10)3(9)2-8/h3-4,8-12H,2H2,1H3/b6-5-. The number of esters is 1. The summed E-state index contributed by atoms with van der Waals surface area (Å²) in [5.74, 6) is -3.63. The molecule has 0 bridgehead atoms. The van der Waals surface area contributed by atoms with E-state index in [0.29, 0.717) is 0 Å². The Morgan fingerprint density at radius 2 is 1.86 bits per heavy atom. The van der Waals surface area contributed by atoms with Crippen LogP contribution in [0.15, 0.2) is 11.5 Å². The van der Waals surface area contributed by atoms with Gasteiger partial charge in [-0.05, 0) is 0 Å². The zero-order valence-electron chi connectivity index (χ0n) is 7.41. The van der Waals surface area contributed by atoms with Gasteiger partial charge in [-0.15, -0.1) is 0 Å². The Morgan fingerprint density at radius 1 is 1.36 bits per heavy atom. The van der Waals surface area contributed by atoms with Crippen molar-refractivity contribution in [3.8, 4) is 0 Å². The van der Waals surface area contributed by atoms with E-state index in [9.17, 15) is 4.79 Å². The molecule has 0 saturated carbocycles. The van der Waals surface area contributed by atoms with E-state index in [1.165, 1.54) is 0 Å². The van der Waals surface area contributed by atoms with Gasteiger partial charge in [-0.3, -0.25) is 0 Å². The number of aliphatic hydroxyl groups is 5. The quantitative estimate of drug-likeness (QED) is 0.209. The summed E-state index contributed by atoms with van der Waals surface area (Å²) in [4.78, 5) is 10.6. The highest BCUT2D eigenvalue weighted by atomic mass is 16.5. The first-order valence-corrected chi connectivity index (χ1v) is 3.63. The summed E-state index contributed by atoms with van der Waals surface area (Å²) in [7, 11) is 0.959. The molecule has 0 amide bonds. The summed E-state index contributed by atoms with van der Waals surface area (Å²) >= 11 is 0. The van der Waals surface area contributed by atoms with Crippen LogP contribution in [0.1, 0.15) is 0 Å². The third-order valence-electron chi connectivity index (χ3n) is 1.45. The average Bonchev–Trinajstić information content (AvgIpc) is 2.23. The normalized spacial score (nSPS) is 16.9. The van der Waals surface area contributed by atoms with Gasteiger partial charge in [0.1, 0.15) is 12.2 Å². The van der Waals surface area contributed by atoms with Crippen LogP contribution in [0.4, 0.5) is 0 Å².